The van der Waals surface area contributed by atoms with Crippen LogP contribution < -0.4 is 0 Å². The van der Waals surface area contributed by atoms with Crippen LogP contribution in [-0.2, 0) is 35.5 Å². The molecule has 0 bridgehead atoms. The summed E-state index contributed by atoms with van der Waals surface area (Å²) in [5.74, 6) is -0.738. The summed E-state index contributed by atoms with van der Waals surface area (Å²) in [6.45, 7) is 5.73. The number of benzene rings is 2. The van der Waals surface area contributed by atoms with Crippen molar-refractivity contribution in [3.8, 4) is 0 Å². The molecule has 4 heteroatoms. The van der Waals surface area contributed by atoms with Crippen molar-refractivity contribution in [2.75, 3.05) is 20.2 Å². The Morgan fingerprint density at radius 3 is 2.82 bits per heavy atom. The van der Waals surface area contributed by atoms with Gasteiger partial charge in [-0.2, -0.15) is 0 Å². The van der Waals surface area contributed by atoms with E-state index in [-0.39, 0.29) is 6.42 Å². The van der Waals surface area contributed by atoms with E-state index in [1.165, 1.54) is 27.8 Å². The third-order valence-corrected chi connectivity index (χ3v) is 5.22. The van der Waals surface area contributed by atoms with Gasteiger partial charge in [0.1, 0.15) is 0 Å². The van der Waals surface area contributed by atoms with Gasteiger partial charge in [0.05, 0.1) is 6.61 Å². The summed E-state index contributed by atoms with van der Waals surface area (Å²) in [6, 6.07) is 14.8. The summed E-state index contributed by atoms with van der Waals surface area (Å²) in [4.78, 5) is 13.3. The summed E-state index contributed by atoms with van der Waals surface area (Å²) in [6.07, 6.45) is 4.08. The third kappa shape index (κ3) is 5.54. The Bertz CT molecular complexity index is 857. The Morgan fingerprint density at radius 2 is 2.04 bits per heavy atom. The van der Waals surface area contributed by atoms with E-state index in [1.807, 2.05) is 6.07 Å². The maximum atomic E-state index is 10.8. The molecule has 1 aliphatic heterocycles. The lowest BCUT2D eigenvalue weighted by Crippen LogP contribution is -2.31. The van der Waals surface area contributed by atoms with Crippen molar-refractivity contribution in [1.29, 1.82) is 0 Å². The average Bonchev–Trinajstić information content (AvgIpc) is 2.68. The minimum absolute atomic E-state index is 0.194. The van der Waals surface area contributed by atoms with Crippen LogP contribution in [0.5, 0.6) is 0 Å². The second-order valence-corrected chi connectivity index (χ2v) is 7.58. The summed E-state index contributed by atoms with van der Waals surface area (Å²) >= 11 is 0. The maximum absolute atomic E-state index is 10.8. The molecule has 1 aliphatic rings. The van der Waals surface area contributed by atoms with Crippen LogP contribution in [0.2, 0.25) is 0 Å². The number of carboxylic acid groups (broad SMARTS) is 1. The Balaban J connectivity index is 1.63. The number of methoxy groups -OCH3 is 1. The number of fused-ring (bicyclic) bond motifs is 1. The molecule has 28 heavy (non-hydrogen) atoms. The lowest BCUT2D eigenvalue weighted by Gasteiger charge is -2.29. The number of carboxylic acids is 1. The zero-order valence-electron chi connectivity index (χ0n) is 16.8. The van der Waals surface area contributed by atoms with Crippen LogP contribution in [0.3, 0.4) is 0 Å². The van der Waals surface area contributed by atoms with E-state index in [4.69, 9.17) is 9.84 Å². The van der Waals surface area contributed by atoms with Gasteiger partial charge in [0.2, 0.25) is 0 Å². The number of nitrogens with zero attached hydrogens (tertiary/aromatic N) is 1. The largest absolute Gasteiger partial charge is 0.481 e. The Labute approximate surface area is 167 Å². The standard InChI is InChI=1S/C24H29NO3/c1-18(13-20-5-3-4-6-23(20)17-28-2)15-25-12-11-21-14-19(8-10-24(26)27)7-9-22(21)16-25/h3-7,9,13-14H,8,10-12,15-17H2,1-2H3,(H,26,27)/b18-13+. The maximum Gasteiger partial charge on any atom is 0.303 e. The number of aliphatic carboxylic acids is 1. The van der Waals surface area contributed by atoms with Crippen molar-refractivity contribution in [2.24, 2.45) is 0 Å². The molecule has 2 aromatic carbocycles. The molecule has 0 fully saturated rings. The summed E-state index contributed by atoms with van der Waals surface area (Å²) in [7, 11) is 1.73. The lowest BCUT2D eigenvalue weighted by atomic mass is 9.95. The number of ether oxygens (including phenoxy) is 1. The fraction of sp³-hybridized carbons (Fsp3) is 0.375. The number of hydrogen-bond donors (Lipinski definition) is 1. The van der Waals surface area contributed by atoms with Crippen LogP contribution in [-0.4, -0.2) is 36.2 Å². The summed E-state index contributed by atoms with van der Waals surface area (Å²) in [5.41, 5.74) is 7.62. The second-order valence-electron chi connectivity index (χ2n) is 7.58. The van der Waals surface area contributed by atoms with Gasteiger partial charge in [-0.1, -0.05) is 54.1 Å². The Kier molecular flexibility index (Phi) is 7.01. The molecule has 0 unspecified atom stereocenters. The van der Waals surface area contributed by atoms with E-state index in [0.717, 1.165) is 31.6 Å². The Morgan fingerprint density at radius 1 is 1.21 bits per heavy atom. The number of aryl methyl sites for hydroxylation is 1. The molecule has 2 aromatic rings. The van der Waals surface area contributed by atoms with E-state index in [0.29, 0.717) is 13.0 Å². The molecule has 0 aromatic heterocycles. The summed E-state index contributed by atoms with van der Waals surface area (Å²) < 4.78 is 5.31. The van der Waals surface area contributed by atoms with Crippen LogP contribution in [0.1, 0.15) is 41.2 Å². The van der Waals surface area contributed by atoms with Crippen molar-refractivity contribution in [3.05, 3.63) is 75.9 Å². The number of rotatable bonds is 8. The molecule has 4 nitrogen and oxygen atoms in total. The molecule has 0 aliphatic carbocycles. The molecule has 0 atom stereocenters. The highest BCUT2D eigenvalue weighted by Gasteiger charge is 2.17. The predicted octanol–water partition coefficient (Wildman–Crippen LogP) is 4.31. The van der Waals surface area contributed by atoms with E-state index in [1.54, 1.807) is 7.11 Å². The quantitative estimate of drug-likeness (QED) is 0.742. The number of carbonyl (C=O) groups is 1. The molecule has 0 amide bonds. The highest BCUT2D eigenvalue weighted by molar-refractivity contribution is 5.67. The van der Waals surface area contributed by atoms with Gasteiger partial charge in [-0.15, -0.1) is 0 Å². The Hall–Kier alpha value is -2.43. The van der Waals surface area contributed by atoms with Crippen molar-refractivity contribution >= 4 is 12.0 Å². The van der Waals surface area contributed by atoms with Crippen molar-refractivity contribution < 1.29 is 14.6 Å². The van der Waals surface area contributed by atoms with Gasteiger partial charge < -0.3 is 9.84 Å². The zero-order valence-corrected chi connectivity index (χ0v) is 16.8. The molecule has 0 radical (unpaired) electrons. The van der Waals surface area contributed by atoms with Crippen LogP contribution in [0.15, 0.2) is 48.0 Å². The van der Waals surface area contributed by atoms with Crippen LogP contribution in [0.4, 0.5) is 0 Å². The minimum Gasteiger partial charge on any atom is -0.481 e. The van der Waals surface area contributed by atoms with E-state index < -0.39 is 5.97 Å². The van der Waals surface area contributed by atoms with Crippen LogP contribution >= 0.6 is 0 Å². The molecule has 1 heterocycles. The lowest BCUT2D eigenvalue weighted by molar-refractivity contribution is -0.136. The van der Waals surface area contributed by atoms with Crippen LogP contribution in [0, 0.1) is 0 Å². The molecule has 0 spiro atoms. The smallest absolute Gasteiger partial charge is 0.303 e. The second kappa shape index (κ2) is 9.67. The zero-order chi connectivity index (χ0) is 19.9. The fourth-order valence-electron chi connectivity index (χ4n) is 3.83. The average molecular weight is 380 g/mol. The fourth-order valence-corrected chi connectivity index (χ4v) is 3.83. The highest BCUT2D eigenvalue weighted by Crippen LogP contribution is 2.22. The minimum atomic E-state index is -0.738. The predicted molar refractivity (Wildman–Crippen MR) is 112 cm³/mol. The first-order valence-corrected chi connectivity index (χ1v) is 9.84. The molecule has 0 saturated carbocycles. The first kappa shape index (κ1) is 20.3. The van der Waals surface area contributed by atoms with Gasteiger partial charge in [0, 0.05) is 33.2 Å². The van der Waals surface area contributed by atoms with Gasteiger partial charge in [0.15, 0.2) is 0 Å². The molecule has 0 saturated heterocycles. The number of hydrogen-bond acceptors (Lipinski definition) is 3. The van der Waals surface area contributed by atoms with E-state index in [9.17, 15) is 4.79 Å². The van der Waals surface area contributed by atoms with Crippen LogP contribution in [0.25, 0.3) is 6.08 Å². The molecule has 1 N–H and O–H groups in total. The molecule has 3 rings (SSSR count). The van der Waals surface area contributed by atoms with Crippen molar-refractivity contribution in [1.82, 2.24) is 4.90 Å². The van der Waals surface area contributed by atoms with Gasteiger partial charge in [-0.3, -0.25) is 9.69 Å². The molecular formula is C24H29NO3. The monoisotopic (exact) mass is 379 g/mol. The van der Waals surface area contributed by atoms with Gasteiger partial charge >= 0.3 is 5.97 Å². The first-order chi connectivity index (χ1) is 13.5. The van der Waals surface area contributed by atoms with E-state index in [2.05, 4.69) is 54.3 Å². The highest BCUT2D eigenvalue weighted by atomic mass is 16.5. The molecular weight excluding hydrogens is 350 g/mol. The van der Waals surface area contributed by atoms with E-state index >= 15 is 0 Å². The van der Waals surface area contributed by atoms with Crippen molar-refractivity contribution in [3.63, 3.8) is 0 Å². The normalized spacial score (nSPS) is 14.7. The van der Waals surface area contributed by atoms with Gasteiger partial charge in [-0.05, 0) is 47.6 Å². The van der Waals surface area contributed by atoms with Crippen molar-refractivity contribution in [2.45, 2.75) is 39.3 Å². The third-order valence-electron chi connectivity index (χ3n) is 5.22. The summed E-state index contributed by atoms with van der Waals surface area (Å²) in [5, 5.41) is 8.87. The topological polar surface area (TPSA) is 49.8 Å². The van der Waals surface area contributed by atoms with Gasteiger partial charge in [0.25, 0.3) is 0 Å². The first-order valence-electron chi connectivity index (χ1n) is 9.84. The van der Waals surface area contributed by atoms with Gasteiger partial charge in [-0.25, -0.2) is 0 Å². The molecule has 148 valence electrons. The SMILES string of the molecule is COCc1ccccc1/C=C(\C)CN1CCc2cc(CCC(=O)O)ccc2C1.